The van der Waals surface area contributed by atoms with Crippen LogP contribution < -0.4 is 38.5 Å². The number of likely N-dealkylation sites (N-methyl/N-ethyl adjacent to an activating group) is 2. The van der Waals surface area contributed by atoms with Crippen LogP contribution in [0.1, 0.15) is 143 Å². The molecule has 0 aliphatic carbocycles. The van der Waals surface area contributed by atoms with Crippen LogP contribution in [-0.2, 0) is 14.4 Å². The summed E-state index contributed by atoms with van der Waals surface area (Å²) in [5, 5.41) is 19.7. The third kappa shape index (κ3) is 23.9. The SMILES string of the molecule is CCC(CC)CN1CC[C@@H](CNC(=O)c2ccc3ccccc3c2)N[C@@H](CCN)C1=O.CN(C[C@@H]1CCN(CC(c2ccccc2)c2ccccc2)C(=O)[C@H](CCCN)N1)C(=O)c1ccc2cc(Br)ccc2c1.CN1[C@H](CNC(=O)c2ccc3cc(Br)ccc3c2)CCN(CC(c2ccccc2)c2ccccc2)C(=O)[C@@H]1CCCN. The Kier molecular flexibility index (Phi) is 32.7. The normalized spacial score (nSPS) is 18.2. The molecule has 10 aromatic rings. The van der Waals surface area contributed by atoms with E-state index in [1.165, 1.54) is 22.3 Å². The molecule has 3 saturated heterocycles. The monoisotopic (exact) mass is 1680 g/mol. The number of benzene rings is 10. The number of nitrogens with zero attached hydrogens (tertiary/aromatic N) is 5. The first-order valence-corrected chi connectivity index (χ1v) is 42.6. The minimum absolute atomic E-state index is 0.0148. The minimum Gasteiger partial charge on any atom is -0.350 e. The van der Waals surface area contributed by atoms with Crippen LogP contribution in [0.15, 0.2) is 246 Å². The molecule has 0 unspecified atom stereocenters. The van der Waals surface area contributed by atoms with Crippen molar-refractivity contribution in [3.05, 3.63) is 284 Å². The van der Waals surface area contributed by atoms with Gasteiger partial charge in [0.2, 0.25) is 17.7 Å². The Labute approximate surface area is 695 Å². The summed E-state index contributed by atoms with van der Waals surface area (Å²) in [6.45, 7) is 11.3. The zero-order chi connectivity index (χ0) is 81.2. The van der Waals surface area contributed by atoms with E-state index in [1.807, 2.05) is 168 Å². The van der Waals surface area contributed by atoms with Crippen LogP contribution in [0.5, 0.6) is 0 Å². The number of halogens is 2. The molecular formula is C95H114Br2N12O6. The van der Waals surface area contributed by atoms with E-state index in [-0.39, 0.29) is 83.5 Å². The number of nitrogens with one attached hydrogen (secondary N) is 4. The second-order valence-corrected chi connectivity index (χ2v) is 32.7. The highest BCUT2D eigenvalue weighted by atomic mass is 79.9. The molecular weight excluding hydrogens is 1560 g/mol. The summed E-state index contributed by atoms with van der Waals surface area (Å²) >= 11 is 7.02. The Bertz CT molecular complexity index is 4730. The van der Waals surface area contributed by atoms with Gasteiger partial charge in [-0.2, -0.15) is 0 Å². The van der Waals surface area contributed by atoms with Crippen LogP contribution >= 0.6 is 31.9 Å². The quantitative estimate of drug-likeness (QED) is 0.0231. The molecule has 0 spiro atoms. The van der Waals surface area contributed by atoms with Gasteiger partial charge >= 0.3 is 0 Å². The van der Waals surface area contributed by atoms with Crippen molar-refractivity contribution in [2.24, 2.45) is 23.1 Å². The van der Waals surface area contributed by atoms with Crippen molar-refractivity contribution in [1.29, 1.82) is 0 Å². The maximum absolute atomic E-state index is 14.1. The van der Waals surface area contributed by atoms with Gasteiger partial charge in [0.15, 0.2) is 0 Å². The van der Waals surface area contributed by atoms with E-state index in [4.69, 9.17) is 17.2 Å². The Morgan fingerprint density at radius 1 is 0.452 bits per heavy atom. The molecule has 6 amide bonds. The lowest BCUT2D eigenvalue weighted by atomic mass is 9.90. The summed E-state index contributed by atoms with van der Waals surface area (Å²) in [5.41, 5.74) is 24.2. The number of hydrogen-bond acceptors (Lipinski definition) is 12. The molecule has 0 bridgehead atoms. The predicted octanol–water partition coefficient (Wildman–Crippen LogP) is 14.5. The zero-order valence-electron chi connectivity index (χ0n) is 66.9. The number of amides is 6. The van der Waals surface area contributed by atoms with Gasteiger partial charge in [0, 0.05) is 122 Å². The Morgan fingerprint density at radius 3 is 1.37 bits per heavy atom. The van der Waals surface area contributed by atoms with Crippen molar-refractivity contribution in [2.45, 2.75) is 126 Å². The minimum atomic E-state index is -0.337. The smallest absolute Gasteiger partial charge is 0.253 e. The molecule has 18 nitrogen and oxygen atoms in total. The number of rotatable bonds is 29. The maximum Gasteiger partial charge on any atom is 0.253 e. The summed E-state index contributed by atoms with van der Waals surface area (Å²) in [4.78, 5) is 90.4. The lowest BCUT2D eigenvalue weighted by Gasteiger charge is -2.33. The molecule has 6 atom stereocenters. The molecule has 0 radical (unpaired) electrons. The Balaban J connectivity index is 0.000000172. The number of carbonyl (C=O) groups is 6. The van der Waals surface area contributed by atoms with Gasteiger partial charge in [0.25, 0.3) is 17.7 Å². The molecule has 0 saturated carbocycles. The van der Waals surface area contributed by atoms with Gasteiger partial charge in [-0.25, -0.2) is 0 Å². The van der Waals surface area contributed by atoms with Crippen LogP contribution in [-0.4, -0.2) is 189 Å². The molecule has 3 heterocycles. The van der Waals surface area contributed by atoms with E-state index in [9.17, 15) is 28.8 Å². The standard InChI is InChI=1S/2C35H39BrN4O2.C25H36N4O2/c1-39(34(41)29-15-14-28-22-30(36)17-16-27(28)21-29)23-31-18-20-40(35(42)33(38-31)13-8-19-37)24-32(25-9-4-2-5-10-25)26-11-6-3-7-12-26;1-39-31(23-38-34(41)29-15-14-28-22-30(36)17-16-27(28)21-29)18-20-40(35(42)33(39)13-8-19-37)24-32(25-9-4-2-5-10-25)26-11-6-3-7-12-26;1-3-18(4-2)17-29-14-12-22(28-23(11-13-26)25(29)31)16-27-24(30)21-10-9-19-7-5-6-8-20(19)15-21/h2-7,9-12,14-17,21-22,31-33,38H,8,13,18-20,23-24,37H2,1H3;2-7,9-12,14-17,21-22,31-33H,8,13,18-20,23-24,37H2,1H3,(H,38,41);5-10,15,18,22-23,28H,3-4,11-14,16-17,26H2,1-2H3,(H,27,30)/t2*31-,33-;22-,23-/m000/s1. The number of fused-ring (bicyclic) bond motifs is 3. The number of nitrogens with two attached hydrogens (primary N) is 3. The molecule has 3 aliphatic heterocycles. The highest BCUT2D eigenvalue weighted by Crippen LogP contribution is 2.32. The van der Waals surface area contributed by atoms with E-state index in [2.05, 4.69) is 169 Å². The van der Waals surface area contributed by atoms with Gasteiger partial charge in [0.1, 0.15) is 0 Å². The van der Waals surface area contributed by atoms with Gasteiger partial charge in [0.05, 0.1) is 18.1 Å². The first-order chi connectivity index (χ1) is 55.9. The Morgan fingerprint density at radius 2 is 0.852 bits per heavy atom. The molecule has 115 heavy (non-hydrogen) atoms. The van der Waals surface area contributed by atoms with E-state index < -0.39 is 0 Å². The van der Waals surface area contributed by atoms with Crippen LogP contribution in [0.3, 0.4) is 0 Å². The summed E-state index contributed by atoms with van der Waals surface area (Å²) in [5.74, 6) is 0.824. The fourth-order valence-corrected chi connectivity index (χ4v) is 17.0. The summed E-state index contributed by atoms with van der Waals surface area (Å²) < 4.78 is 2.02. The summed E-state index contributed by atoms with van der Waals surface area (Å²) in [6.07, 6.45) is 7.96. The first-order valence-electron chi connectivity index (χ1n) is 41.0. The first kappa shape index (κ1) is 86.4. The molecule has 3 fully saturated rings. The van der Waals surface area contributed by atoms with Gasteiger partial charge in [-0.05, 0) is 199 Å². The van der Waals surface area contributed by atoms with Crippen molar-refractivity contribution < 1.29 is 28.8 Å². The van der Waals surface area contributed by atoms with Crippen molar-refractivity contribution in [3.8, 4) is 0 Å². The Hall–Kier alpha value is -9.48. The third-order valence-electron chi connectivity index (χ3n) is 23.0. The summed E-state index contributed by atoms with van der Waals surface area (Å²) in [7, 11) is 3.86. The largest absolute Gasteiger partial charge is 0.350 e. The molecule has 10 N–H and O–H groups in total. The van der Waals surface area contributed by atoms with Gasteiger partial charge in [-0.1, -0.05) is 234 Å². The fraction of sp³-hybridized carbons (Fsp3) is 0.368. The second-order valence-electron chi connectivity index (χ2n) is 30.8. The van der Waals surface area contributed by atoms with Crippen LogP contribution in [0.2, 0.25) is 0 Å². The zero-order valence-corrected chi connectivity index (χ0v) is 70.1. The third-order valence-corrected chi connectivity index (χ3v) is 24.0. The van der Waals surface area contributed by atoms with Crippen LogP contribution in [0, 0.1) is 5.92 Å². The molecule has 20 heteroatoms. The van der Waals surface area contributed by atoms with Gasteiger partial charge in [-0.15, -0.1) is 0 Å². The molecule has 0 aromatic heterocycles. The lowest BCUT2D eigenvalue weighted by molar-refractivity contribution is -0.136. The van der Waals surface area contributed by atoms with Crippen molar-refractivity contribution in [3.63, 3.8) is 0 Å². The summed E-state index contributed by atoms with van der Waals surface area (Å²) in [6, 6.07) is 78.2. The molecule has 13 rings (SSSR count). The van der Waals surface area contributed by atoms with E-state index in [0.29, 0.717) is 114 Å². The van der Waals surface area contributed by atoms with Crippen LogP contribution in [0.25, 0.3) is 32.3 Å². The average molecular weight is 1680 g/mol. The van der Waals surface area contributed by atoms with Crippen molar-refractivity contribution >= 4 is 99.6 Å². The average Bonchev–Trinajstić information content (AvgIpc) is 1.77. The van der Waals surface area contributed by atoms with E-state index in [0.717, 1.165) is 92.8 Å². The topological polar surface area (TPSA) is 245 Å². The molecule has 10 aromatic carbocycles. The van der Waals surface area contributed by atoms with Gasteiger partial charge < -0.3 is 58.1 Å². The van der Waals surface area contributed by atoms with Gasteiger partial charge in [-0.3, -0.25) is 33.7 Å². The van der Waals surface area contributed by atoms with Crippen molar-refractivity contribution in [1.82, 2.24) is 45.8 Å². The predicted molar refractivity (Wildman–Crippen MR) is 473 cm³/mol. The maximum atomic E-state index is 14.1. The van der Waals surface area contributed by atoms with E-state index in [1.54, 1.807) is 4.90 Å². The fourth-order valence-electron chi connectivity index (χ4n) is 16.2. The number of hydrogen-bond donors (Lipinski definition) is 7. The van der Waals surface area contributed by atoms with Crippen LogP contribution in [0.4, 0.5) is 0 Å². The van der Waals surface area contributed by atoms with Crippen molar-refractivity contribution in [2.75, 3.05) is 92.6 Å². The lowest BCUT2D eigenvalue weighted by Crippen LogP contribution is -2.50. The molecule has 3 aliphatic rings. The number of carbonyl (C=O) groups excluding carboxylic acids is 6. The highest BCUT2D eigenvalue weighted by molar-refractivity contribution is 9.10. The van der Waals surface area contributed by atoms with E-state index >= 15 is 0 Å². The molecule has 604 valence electrons. The highest BCUT2D eigenvalue weighted by Gasteiger charge is 2.38. The second kappa shape index (κ2) is 43.5.